The summed E-state index contributed by atoms with van der Waals surface area (Å²) in [5.74, 6) is 0.731. The molecule has 0 N–H and O–H groups in total. The van der Waals surface area contributed by atoms with Crippen LogP contribution in [0.1, 0.15) is 40.0 Å². The first-order chi connectivity index (χ1) is 10.7. The Hall–Kier alpha value is -0.740. The summed E-state index contributed by atoms with van der Waals surface area (Å²) in [6.45, 7) is 7.86. The van der Waals surface area contributed by atoms with Gasteiger partial charge in [-0.15, -0.1) is 0 Å². The average Bonchev–Trinajstić information content (AvgIpc) is 2.66. The van der Waals surface area contributed by atoms with Crippen LogP contribution >= 0.6 is 27.5 Å². The summed E-state index contributed by atoms with van der Waals surface area (Å²) in [4.78, 5) is 14.7. The molecule has 2 bridgehead atoms. The molecule has 0 aromatic heterocycles. The smallest absolute Gasteiger partial charge is 0.260 e. The molecule has 2 fully saturated rings. The zero-order valence-electron chi connectivity index (χ0n) is 13.9. The van der Waals surface area contributed by atoms with Crippen molar-refractivity contribution in [2.45, 2.75) is 46.1 Å². The summed E-state index contributed by atoms with van der Waals surface area (Å²) in [6.07, 6.45) is 3.38. The lowest BCUT2D eigenvalue weighted by atomic mass is 9.65. The molecule has 1 heterocycles. The summed E-state index contributed by atoms with van der Waals surface area (Å²) in [6, 6.07) is 5.67. The van der Waals surface area contributed by atoms with Gasteiger partial charge in [-0.25, -0.2) is 0 Å². The van der Waals surface area contributed by atoms with Crippen molar-refractivity contribution in [3.05, 3.63) is 27.7 Å². The van der Waals surface area contributed by atoms with Gasteiger partial charge in [-0.3, -0.25) is 4.79 Å². The first-order valence-corrected chi connectivity index (χ1v) is 9.22. The second kappa shape index (κ2) is 5.96. The van der Waals surface area contributed by atoms with Gasteiger partial charge in [-0.1, -0.05) is 32.4 Å². The fraction of sp³-hybridized carbons (Fsp3) is 0.611. The van der Waals surface area contributed by atoms with Crippen molar-refractivity contribution >= 4 is 33.4 Å². The zero-order valence-corrected chi connectivity index (χ0v) is 16.2. The van der Waals surface area contributed by atoms with Crippen molar-refractivity contribution in [1.29, 1.82) is 0 Å². The summed E-state index contributed by atoms with van der Waals surface area (Å²) in [5, 5.41) is 0.638. The summed E-state index contributed by atoms with van der Waals surface area (Å²) >= 11 is 9.34. The van der Waals surface area contributed by atoms with Crippen LogP contribution in [0.3, 0.4) is 0 Å². The van der Waals surface area contributed by atoms with Crippen molar-refractivity contribution < 1.29 is 9.53 Å². The quantitative estimate of drug-likeness (QED) is 0.721. The highest BCUT2D eigenvalue weighted by molar-refractivity contribution is 9.10. The highest BCUT2D eigenvalue weighted by atomic mass is 79.9. The Labute approximate surface area is 151 Å². The van der Waals surface area contributed by atoms with Crippen LogP contribution in [0.25, 0.3) is 0 Å². The summed E-state index contributed by atoms with van der Waals surface area (Å²) in [7, 11) is 0. The largest absolute Gasteiger partial charge is 0.483 e. The maximum atomic E-state index is 12.7. The van der Waals surface area contributed by atoms with E-state index in [0.29, 0.717) is 22.2 Å². The Kier molecular flexibility index (Phi) is 4.43. The number of carbonyl (C=O) groups is 1. The molecule has 1 aliphatic carbocycles. The van der Waals surface area contributed by atoms with Gasteiger partial charge >= 0.3 is 0 Å². The third kappa shape index (κ3) is 3.69. The number of hydrogen-bond acceptors (Lipinski definition) is 2. The third-order valence-electron chi connectivity index (χ3n) is 4.98. The Morgan fingerprint density at radius 2 is 2.13 bits per heavy atom. The number of nitrogens with zero attached hydrogens (tertiary/aromatic N) is 1. The van der Waals surface area contributed by atoms with E-state index in [9.17, 15) is 4.79 Å². The van der Waals surface area contributed by atoms with Crippen LogP contribution in [0.15, 0.2) is 22.7 Å². The van der Waals surface area contributed by atoms with E-state index in [4.69, 9.17) is 16.3 Å². The van der Waals surface area contributed by atoms with E-state index in [0.717, 1.165) is 23.9 Å². The zero-order chi connectivity index (χ0) is 16.8. The molecule has 2 aliphatic rings. The molecular formula is C18H23BrClNO2. The van der Waals surface area contributed by atoms with E-state index < -0.39 is 0 Å². The Balaban J connectivity index is 1.65. The Morgan fingerprint density at radius 1 is 1.39 bits per heavy atom. The number of likely N-dealkylation sites (tertiary alicyclic amines) is 1. The number of carbonyl (C=O) groups excluding carboxylic acids is 1. The second-order valence-electron chi connectivity index (χ2n) is 8.10. The molecule has 0 spiro atoms. The molecule has 5 heteroatoms. The van der Waals surface area contributed by atoms with Crippen molar-refractivity contribution in [3.8, 4) is 5.75 Å². The van der Waals surface area contributed by atoms with E-state index >= 15 is 0 Å². The van der Waals surface area contributed by atoms with Crippen LogP contribution in [-0.4, -0.2) is 30.0 Å². The van der Waals surface area contributed by atoms with Crippen molar-refractivity contribution in [1.82, 2.24) is 4.90 Å². The van der Waals surface area contributed by atoms with Gasteiger partial charge in [0.05, 0.1) is 4.47 Å². The van der Waals surface area contributed by atoms with Crippen LogP contribution in [0, 0.1) is 10.8 Å². The lowest BCUT2D eigenvalue weighted by molar-refractivity contribution is -0.134. The van der Waals surface area contributed by atoms with Gasteiger partial charge in [-0.05, 0) is 64.2 Å². The number of benzene rings is 1. The number of halogens is 2. The van der Waals surface area contributed by atoms with E-state index in [-0.39, 0.29) is 17.9 Å². The SMILES string of the molecule is CC1(C)C[C@H]2C[C@@](C)(CN2C(=O)COc2ccc(Cl)cc2Br)C1. The number of hydrogen-bond donors (Lipinski definition) is 0. The standard InChI is InChI=1S/C18H23BrClNO2/c1-17(2)7-13-8-18(3,10-17)11-21(13)16(22)9-23-15-5-4-12(20)6-14(15)19/h4-6,13H,7-11H2,1-3H3/t13-,18+/m0/s1. The maximum absolute atomic E-state index is 12.7. The predicted molar refractivity (Wildman–Crippen MR) is 95.9 cm³/mol. The van der Waals surface area contributed by atoms with Gasteiger partial charge in [-0.2, -0.15) is 0 Å². The molecule has 0 radical (unpaired) electrons. The fourth-order valence-corrected chi connectivity index (χ4v) is 5.36. The summed E-state index contributed by atoms with van der Waals surface area (Å²) < 4.78 is 6.47. The monoisotopic (exact) mass is 399 g/mol. The number of rotatable bonds is 3. The van der Waals surface area contributed by atoms with E-state index in [1.807, 2.05) is 4.90 Å². The molecule has 1 aromatic carbocycles. The van der Waals surface area contributed by atoms with Gasteiger partial charge in [0, 0.05) is 17.6 Å². The van der Waals surface area contributed by atoms with Gasteiger partial charge < -0.3 is 9.64 Å². The molecule has 126 valence electrons. The molecule has 1 aliphatic heterocycles. The fourth-order valence-electron chi connectivity index (χ4n) is 4.57. The Bertz CT molecular complexity index is 633. The predicted octanol–water partition coefficient (Wildman–Crippen LogP) is 4.91. The minimum atomic E-state index is 0.0766. The maximum Gasteiger partial charge on any atom is 0.260 e. The first-order valence-electron chi connectivity index (χ1n) is 8.05. The molecule has 1 saturated heterocycles. The van der Waals surface area contributed by atoms with Crippen LogP contribution in [0.5, 0.6) is 5.75 Å². The summed E-state index contributed by atoms with van der Waals surface area (Å²) in [5.41, 5.74) is 0.565. The third-order valence-corrected chi connectivity index (χ3v) is 5.84. The molecule has 1 aromatic rings. The lowest BCUT2D eigenvalue weighted by Gasteiger charge is -2.39. The second-order valence-corrected chi connectivity index (χ2v) is 9.39. The Morgan fingerprint density at radius 3 is 2.83 bits per heavy atom. The minimum Gasteiger partial charge on any atom is -0.483 e. The van der Waals surface area contributed by atoms with Gasteiger partial charge in [0.1, 0.15) is 5.75 Å². The number of fused-ring (bicyclic) bond motifs is 2. The molecule has 1 amide bonds. The van der Waals surface area contributed by atoms with Crippen molar-refractivity contribution in [2.75, 3.05) is 13.2 Å². The first kappa shape index (κ1) is 17.1. The number of ether oxygens (including phenoxy) is 1. The van der Waals surface area contributed by atoms with E-state index in [1.54, 1.807) is 18.2 Å². The minimum absolute atomic E-state index is 0.0766. The van der Waals surface area contributed by atoms with Gasteiger partial charge in [0.25, 0.3) is 5.91 Å². The highest BCUT2D eigenvalue weighted by Crippen LogP contribution is 2.52. The normalized spacial score (nSPS) is 28.7. The molecule has 23 heavy (non-hydrogen) atoms. The van der Waals surface area contributed by atoms with Crippen molar-refractivity contribution in [3.63, 3.8) is 0 Å². The molecule has 2 atom stereocenters. The molecule has 0 unspecified atom stereocenters. The highest BCUT2D eigenvalue weighted by Gasteiger charge is 2.50. The van der Waals surface area contributed by atoms with E-state index in [2.05, 4.69) is 36.7 Å². The average molecular weight is 401 g/mol. The lowest BCUT2D eigenvalue weighted by Crippen LogP contribution is -2.40. The van der Waals surface area contributed by atoms with Crippen LogP contribution in [-0.2, 0) is 4.79 Å². The van der Waals surface area contributed by atoms with Crippen LogP contribution < -0.4 is 4.74 Å². The molecule has 3 nitrogen and oxygen atoms in total. The molecule has 3 rings (SSSR count). The van der Waals surface area contributed by atoms with Crippen LogP contribution in [0.4, 0.5) is 0 Å². The molecule has 1 saturated carbocycles. The van der Waals surface area contributed by atoms with Gasteiger partial charge in [0.2, 0.25) is 0 Å². The molecular weight excluding hydrogens is 378 g/mol. The topological polar surface area (TPSA) is 29.5 Å². The van der Waals surface area contributed by atoms with Gasteiger partial charge in [0.15, 0.2) is 6.61 Å². The number of amides is 1. The van der Waals surface area contributed by atoms with Crippen molar-refractivity contribution in [2.24, 2.45) is 10.8 Å². The van der Waals surface area contributed by atoms with E-state index in [1.165, 1.54) is 6.42 Å². The van der Waals surface area contributed by atoms with Crippen LogP contribution in [0.2, 0.25) is 5.02 Å².